The summed E-state index contributed by atoms with van der Waals surface area (Å²) in [6.07, 6.45) is 1.96. The van der Waals surface area contributed by atoms with Gasteiger partial charge in [-0.05, 0) is 36.1 Å². The van der Waals surface area contributed by atoms with Crippen molar-refractivity contribution in [3.8, 4) is 0 Å². The number of carbonyl (C=O) groups excluding carboxylic acids is 1. The van der Waals surface area contributed by atoms with E-state index in [4.69, 9.17) is 5.73 Å². The summed E-state index contributed by atoms with van der Waals surface area (Å²) < 4.78 is 0. The van der Waals surface area contributed by atoms with E-state index in [0.29, 0.717) is 6.54 Å². The van der Waals surface area contributed by atoms with Gasteiger partial charge in [0.15, 0.2) is 0 Å². The van der Waals surface area contributed by atoms with Crippen molar-refractivity contribution >= 4 is 11.6 Å². The Hall–Kier alpha value is -2.29. The number of anilines is 1. The van der Waals surface area contributed by atoms with E-state index in [2.05, 4.69) is 0 Å². The number of hydrogen-bond acceptors (Lipinski definition) is 2. The van der Waals surface area contributed by atoms with Crippen molar-refractivity contribution in [2.75, 3.05) is 12.3 Å². The van der Waals surface area contributed by atoms with E-state index in [1.807, 2.05) is 53.4 Å². The van der Waals surface area contributed by atoms with Gasteiger partial charge in [-0.2, -0.15) is 0 Å². The molecule has 2 aromatic carbocycles. The van der Waals surface area contributed by atoms with Gasteiger partial charge in [0.25, 0.3) is 5.91 Å². The second-order valence-corrected chi connectivity index (χ2v) is 5.19. The summed E-state index contributed by atoms with van der Waals surface area (Å²) in [5.41, 5.74) is 9.73. The molecule has 0 radical (unpaired) electrons. The molecule has 0 aromatic heterocycles. The highest BCUT2D eigenvalue weighted by Gasteiger charge is 2.22. The summed E-state index contributed by atoms with van der Waals surface area (Å²) in [4.78, 5) is 14.5. The number of carbonyl (C=O) groups is 1. The van der Waals surface area contributed by atoms with E-state index in [9.17, 15) is 4.79 Å². The second kappa shape index (κ2) is 5.37. The fourth-order valence-electron chi connectivity index (χ4n) is 2.71. The number of fused-ring (bicyclic) bond motifs is 1. The summed E-state index contributed by atoms with van der Waals surface area (Å²) >= 11 is 0. The quantitative estimate of drug-likeness (QED) is 0.850. The Kier molecular flexibility index (Phi) is 3.42. The monoisotopic (exact) mass is 266 g/mol. The summed E-state index contributed by atoms with van der Waals surface area (Å²) in [5, 5.41) is 0. The van der Waals surface area contributed by atoms with Crippen LogP contribution in [-0.2, 0) is 13.0 Å². The molecule has 1 aliphatic rings. The number of nitrogens with two attached hydrogens (primary N) is 1. The van der Waals surface area contributed by atoms with Crippen molar-refractivity contribution in [3.05, 3.63) is 65.2 Å². The molecule has 3 rings (SSSR count). The normalized spacial score (nSPS) is 14.8. The number of rotatable bonds is 2. The molecule has 0 unspecified atom stereocenters. The van der Waals surface area contributed by atoms with Crippen LogP contribution in [0, 0.1) is 0 Å². The number of amides is 1. The first-order valence-electron chi connectivity index (χ1n) is 6.96. The van der Waals surface area contributed by atoms with Crippen LogP contribution < -0.4 is 5.73 Å². The minimum Gasteiger partial charge on any atom is -0.398 e. The van der Waals surface area contributed by atoms with Crippen molar-refractivity contribution in [2.24, 2.45) is 0 Å². The molecule has 0 aliphatic carbocycles. The van der Waals surface area contributed by atoms with Gasteiger partial charge in [0.2, 0.25) is 0 Å². The average Bonchev–Trinajstić information content (AvgIpc) is 2.62. The third kappa shape index (κ3) is 2.39. The van der Waals surface area contributed by atoms with Gasteiger partial charge in [0, 0.05) is 24.3 Å². The maximum atomic E-state index is 12.6. The highest BCUT2D eigenvalue weighted by atomic mass is 16.2. The lowest BCUT2D eigenvalue weighted by atomic mass is 10.0. The zero-order chi connectivity index (χ0) is 13.9. The highest BCUT2D eigenvalue weighted by Crippen LogP contribution is 2.21. The topological polar surface area (TPSA) is 46.3 Å². The van der Waals surface area contributed by atoms with Gasteiger partial charge >= 0.3 is 0 Å². The number of nitrogen functional groups attached to an aromatic ring is 1. The van der Waals surface area contributed by atoms with Crippen LogP contribution in [0.5, 0.6) is 0 Å². The SMILES string of the molecule is Nc1ccccc1CN1CCCc2ccccc2C1=O. The van der Waals surface area contributed by atoms with Gasteiger partial charge < -0.3 is 10.6 Å². The predicted molar refractivity (Wildman–Crippen MR) is 80.4 cm³/mol. The number of benzene rings is 2. The first-order chi connectivity index (χ1) is 9.75. The van der Waals surface area contributed by atoms with Crippen molar-refractivity contribution in [1.82, 2.24) is 4.90 Å². The van der Waals surface area contributed by atoms with Crippen molar-refractivity contribution < 1.29 is 4.79 Å². The van der Waals surface area contributed by atoms with E-state index >= 15 is 0 Å². The van der Waals surface area contributed by atoms with Crippen LogP contribution >= 0.6 is 0 Å². The van der Waals surface area contributed by atoms with Crippen molar-refractivity contribution in [1.29, 1.82) is 0 Å². The zero-order valence-corrected chi connectivity index (χ0v) is 11.4. The van der Waals surface area contributed by atoms with E-state index in [1.54, 1.807) is 0 Å². The van der Waals surface area contributed by atoms with Crippen LogP contribution in [0.1, 0.15) is 27.9 Å². The first kappa shape index (κ1) is 12.7. The van der Waals surface area contributed by atoms with Gasteiger partial charge in [0.1, 0.15) is 0 Å². The molecule has 1 aliphatic heterocycles. The minimum absolute atomic E-state index is 0.112. The van der Waals surface area contributed by atoms with Crippen LogP contribution in [0.15, 0.2) is 48.5 Å². The molecule has 20 heavy (non-hydrogen) atoms. The van der Waals surface area contributed by atoms with E-state index in [1.165, 1.54) is 0 Å². The summed E-state index contributed by atoms with van der Waals surface area (Å²) in [7, 11) is 0. The standard InChI is InChI=1S/C17H18N2O/c18-16-10-4-2-7-14(16)12-19-11-5-8-13-6-1-3-9-15(13)17(19)20/h1-4,6-7,9-10H,5,8,11-12,18H2. The van der Waals surface area contributed by atoms with Gasteiger partial charge in [0.05, 0.1) is 0 Å². The third-order valence-corrected chi connectivity index (χ3v) is 3.83. The fraction of sp³-hybridized carbons (Fsp3) is 0.235. The largest absolute Gasteiger partial charge is 0.398 e. The molecule has 1 amide bonds. The number of para-hydroxylation sites is 1. The molecular formula is C17H18N2O. The van der Waals surface area contributed by atoms with E-state index in [0.717, 1.165) is 41.8 Å². The predicted octanol–water partition coefficient (Wildman–Crippen LogP) is 2.86. The molecule has 2 N–H and O–H groups in total. The summed E-state index contributed by atoms with van der Waals surface area (Å²) in [5.74, 6) is 0.112. The van der Waals surface area contributed by atoms with Gasteiger partial charge in [-0.25, -0.2) is 0 Å². The molecule has 0 fully saturated rings. The number of hydrogen-bond donors (Lipinski definition) is 1. The molecule has 0 saturated heterocycles. The van der Waals surface area contributed by atoms with Crippen molar-refractivity contribution in [2.45, 2.75) is 19.4 Å². The Morgan fingerprint density at radius 1 is 1.05 bits per heavy atom. The molecule has 0 atom stereocenters. The number of aryl methyl sites for hydroxylation is 1. The lowest BCUT2D eigenvalue weighted by Gasteiger charge is -2.21. The maximum absolute atomic E-state index is 12.6. The lowest BCUT2D eigenvalue weighted by Crippen LogP contribution is -2.30. The van der Waals surface area contributed by atoms with Crippen LogP contribution in [-0.4, -0.2) is 17.4 Å². The van der Waals surface area contributed by atoms with Gasteiger partial charge in [-0.15, -0.1) is 0 Å². The average molecular weight is 266 g/mol. The zero-order valence-electron chi connectivity index (χ0n) is 11.4. The summed E-state index contributed by atoms with van der Waals surface area (Å²) in [6, 6.07) is 15.6. The third-order valence-electron chi connectivity index (χ3n) is 3.83. The van der Waals surface area contributed by atoms with Crippen LogP contribution in [0.25, 0.3) is 0 Å². The summed E-state index contributed by atoms with van der Waals surface area (Å²) in [6.45, 7) is 1.36. The first-order valence-corrected chi connectivity index (χ1v) is 6.96. The second-order valence-electron chi connectivity index (χ2n) is 5.19. The van der Waals surface area contributed by atoms with Gasteiger partial charge in [-0.1, -0.05) is 36.4 Å². The van der Waals surface area contributed by atoms with Crippen LogP contribution in [0.3, 0.4) is 0 Å². The molecule has 0 bridgehead atoms. The Bertz CT molecular complexity index is 636. The van der Waals surface area contributed by atoms with Crippen LogP contribution in [0.2, 0.25) is 0 Å². The minimum atomic E-state index is 0.112. The fourth-order valence-corrected chi connectivity index (χ4v) is 2.71. The highest BCUT2D eigenvalue weighted by molar-refractivity contribution is 5.96. The van der Waals surface area contributed by atoms with E-state index in [-0.39, 0.29) is 5.91 Å². The molecule has 1 heterocycles. The van der Waals surface area contributed by atoms with Crippen molar-refractivity contribution in [3.63, 3.8) is 0 Å². The molecule has 102 valence electrons. The number of nitrogens with zero attached hydrogens (tertiary/aromatic N) is 1. The van der Waals surface area contributed by atoms with Crippen LogP contribution in [0.4, 0.5) is 5.69 Å². The smallest absolute Gasteiger partial charge is 0.254 e. The molecule has 3 nitrogen and oxygen atoms in total. The Balaban J connectivity index is 1.88. The lowest BCUT2D eigenvalue weighted by molar-refractivity contribution is 0.0749. The Morgan fingerprint density at radius 3 is 2.65 bits per heavy atom. The van der Waals surface area contributed by atoms with E-state index < -0.39 is 0 Å². The molecule has 0 spiro atoms. The molecular weight excluding hydrogens is 248 g/mol. The molecule has 0 saturated carbocycles. The Morgan fingerprint density at radius 2 is 1.80 bits per heavy atom. The molecule has 3 heteroatoms. The Labute approximate surface area is 119 Å². The molecule has 2 aromatic rings. The maximum Gasteiger partial charge on any atom is 0.254 e. The van der Waals surface area contributed by atoms with Gasteiger partial charge in [-0.3, -0.25) is 4.79 Å².